The molecule has 11 heteroatoms. The van der Waals surface area contributed by atoms with Crippen LogP contribution in [0.5, 0.6) is 34.5 Å². The Kier molecular flexibility index (Phi) is 15.1. The Morgan fingerprint density at radius 1 is 0.458 bits per heavy atom. The number of para-hydroxylation sites is 2. The normalized spacial score (nSPS) is 13.5. The lowest BCUT2D eigenvalue weighted by Gasteiger charge is -2.32. The molecule has 308 valence electrons. The van der Waals surface area contributed by atoms with E-state index in [1.54, 1.807) is 24.3 Å². The van der Waals surface area contributed by atoms with Crippen LogP contribution < -0.4 is 18.9 Å². The highest BCUT2D eigenvalue weighted by Crippen LogP contribution is 2.46. The lowest BCUT2D eigenvalue weighted by atomic mass is 9.87. The van der Waals surface area contributed by atoms with Crippen LogP contribution in [0.3, 0.4) is 0 Å². The smallest absolute Gasteiger partial charge is 0.387 e. The van der Waals surface area contributed by atoms with Crippen molar-refractivity contribution >= 4 is 31.9 Å². The summed E-state index contributed by atoms with van der Waals surface area (Å²) in [5, 5.41) is 0. The topological polar surface area (TPSA) is 46.2 Å². The van der Waals surface area contributed by atoms with Crippen molar-refractivity contribution in [2.24, 2.45) is 0 Å². The van der Waals surface area contributed by atoms with E-state index in [1.807, 2.05) is 125 Å². The van der Waals surface area contributed by atoms with Crippen LogP contribution in [0.25, 0.3) is 0 Å². The minimum Gasteiger partial charge on any atom is -0.457 e. The van der Waals surface area contributed by atoms with Gasteiger partial charge in [-0.3, -0.25) is 0 Å². The third kappa shape index (κ3) is 11.7. The van der Waals surface area contributed by atoms with Gasteiger partial charge in [0.2, 0.25) is 0 Å². The van der Waals surface area contributed by atoms with Gasteiger partial charge in [-0.05, 0) is 133 Å². The van der Waals surface area contributed by atoms with Crippen LogP contribution in [-0.2, 0) is 4.74 Å². The molecule has 59 heavy (non-hydrogen) atoms. The van der Waals surface area contributed by atoms with Gasteiger partial charge in [0.05, 0.1) is 12.2 Å². The van der Waals surface area contributed by atoms with Crippen LogP contribution >= 0.6 is 31.9 Å². The van der Waals surface area contributed by atoms with E-state index in [1.165, 1.54) is 12.1 Å². The van der Waals surface area contributed by atoms with Gasteiger partial charge in [0.25, 0.3) is 0 Å². The standard InChI is InChI=1S/C48H44Br2F4O5/c1-29(37-23-21-33(49)27-45(37)58-47(51)52)25-43(39-17-11-19-41(31(39)3)55-35-13-7-5-8-14-35)57-44(26-30(2)38-24-22-34(50)28-46(38)59-48(53)54)40-18-12-20-42(32(40)4)56-36-15-9-6-10-16-36/h5-24,27-30,43-44,47-48H,25-26H2,1-4H3. The van der Waals surface area contributed by atoms with E-state index >= 15 is 0 Å². The van der Waals surface area contributed by atoms with Crippen LogP contribution in [-0.4, -0.2) is 13.2 Å². The van der Waals surface area contributed by atoms with Crippen LogP contribution in [0.1, 0.15) is 84.1 Å². The fourth-order valence-corrected chi connectivity index (χ4v) is 7.93. The van der Waals surface area contributed by atoms with Crippen molar-refractivity contribution in [3.63, 3.8) is 0 Å². The molecule has 0 aromatic heterocycles. The van der Waals surface area contributed by atoms with Gasteiger partial charge in [0, 0.05) is 8.95 Å². The SMILES string of the molecule is Cc1c(Oc2ccccc2)cccc1C(CC(C)c1ccc(Br)cc1OC(F)F)OC(CC(C)c1ccc(Br)cc1OC(F)F)c1cccc(Oc2ccccc2)c1C. The quantitative estimate of drug-likeness (QED) is 0.0804. The molecule has 6 rings (SSSR count). The van der Waals surface area contributed by atoms with Crippen molar-refractivity contribution in [1.82, 2.24) is 0 Å². The largest absolute Gasteiger partial charge is 0.457 e. The first kappa shape index (κ1) is 43.7. The third-order valence-corrected chi connectivity index (χ3v) is 11.2. The summed E-state index contributed by atoms with van der Waals surface area (Å²) in [5.74, 6) is 2.02. The first-order valence-electron chi connectivity index (χ1n) is 19.1. The van der Waals surface area contributed by atoms with Crippen LogP contribution in [0.15, 0.2) is 142 Å². The first-order chi connectivity index (χ1) is 28.4. The number of benzene rings is 6. The maximum Gasteiger partial charge on any atom is 0.387 e. The summed E-state index contributed by atoms with van der Waals surface area (Å²) in [6.45, 7) is 1.79. The molecule has 4 atom stereocenters. The van der Waals surface area contributed by atoms with E-state index in [0.717, 1.165) is 22.3 Å². The number of hydrogen-bond acceptors (Lipinski definition) is 5. The Balaban J connectivity index is 1.46. The molecule has 0 saturated carbocycles. The van der Waals surface area contributed by atoms with Crippen LogP contribution in [0, 0.1) is 13.8 Å². The predicted molar refractivity (Wildman–Crippen MR) is 230 cm³/mol. The molecule has 0 aliphatic rings. The Morgan fingerprint density at radius 3 is 1.22 bits per heavy atom. The molecule has 5 nitrogen and oxygen atoms in total. The molecule has 0 spiro atoms. The Bertz CT molecular complexity index is 2130. The van der Waals surface area contributed by atoms with Crippen molar-refractivity contribution in [3.05, 3.63) is 176 Å². The Labute approximate surface area is 359 Å². The summed E-state index contributed by atoms with van der Waals surface area (Å²) in [6, 6.07) is 40.7. The number of rotatable bonds is 18. The van der Waals surface area contributed by atoms with Gasteiger partial charge in [-0.2, -0.15) is 17.6 Å². The second-order valence-electron chi connectivity index (χ2n) is 14.3. The zero-order valence-electron chi connectivity index (χ0n) is 32.9. The molecule has 0 bridgehead atoms. The van der Waals surface area contributed by atoms with Crippen molar-refractivity contribution in [2.75, 3.05) is 0 Å². The molecule has 0 aliphatic heterocycles. The Hall–Kier alpha value is -4.84. The molecule has 0 heterocycles. The molecule has 0 fully saturated rings. The monoisotopic (exact) mass is 934 g/mol. The number of ether oxygens (including phenoxy) is 5. The van der Waals surface area contributed by atoms with Gasteiger partial charge in [0.15, 0.2) is 0 Å². The van der Waals surface area contributed by atoms with Gasteiger partial charge in [-0.15, -0.1) is 0 Å². The van der Waals surface area contributed by atoms with E-state index < -0.39 is 25.4 Å². The summed E-state index contributed by atoms with van der Waals surface area (Å²) >= 11 is 6.79. The van der Waals surface area contributed by atoms with E-state index in [9.17, 15) is 17.6 Å². The van der Waals surface area contributed by atoms with Crippen LogP contribution in [0.4, 0.5) is 17.6 Å². The summed E-state index contributed by atoms with van der Waals surface area (Å²) < 4.78 is 86.2. The minimum absolute atomic E-state index is 0.0621. The maximum absolute atomic E-state index is 13.7. The molecule has 6 aromatic rings. The lowest BCUT2D eigenvalue weighted by molar-refractivity contribution is -0.0513. The molecule has 0 saturated heterocycles. The highest BCUT2D eigenvalue weighted by molar-refractivity contribution is 9.10. The minimum atomic E-state index is -3.02. The molecular weight excluding hydrogens is 892 g/mol. The highest BCUT2D eigenvalue weighted by Gasteiger charge is 2.30. The number of hydrogen-bond donors (Lipinski definition) is 0. The number of alkyl halides is 4. The second-order valence-corrected chi connectivity index (χ2v) is 16.1. The van der Waals surface area contributed by atoms with E-state index in [-0.39, 0.29) is 23.3 Å². The third-order valence-electron chi connectivity index (χ3n) is 10.2. The van der Waals surface area contributed by atoms with Crippen molar-refractivity contribution in [1.29, 1.82) is 0 Å². The van der Waals surface area contributed by atoms with E-state index in [2.05, 4.69) is 31.9 Å². The van der Waals surface area contributed by atoms with Crippen molar-refractivity contribution in [3.8, 4) is 34.5 Å². The first-order valence-corrected chi connectivity index (χ1v) is 20.7. The molecular formula is C48H44Br2F4O5. The highest BCUT2D eigenvalue weighted by atomic mass is 79.9. The summed E-state index contributed by atoms with van der Waals surface area (Å²) in [5.41, 5.74) is 4.49. The fraction of sp³-hybridized carbons (Fsp3) is 0.250. The van der Waals surface area contributed by atoms with Gasteiger partial charge in [-0.1, -0.05) is 119 Å². The van der Waals surface area contributed by atoms with Crippen molar-refractivity contribution in [2.45, 2.75) is 77.8 Å². The fourth-order valence-electron chi connectivity index (χ4n) is 7.25. The zero-order chi connectivity index (χ0) is 42.1. The van der Waals surface area contributed by atoms with Gasteiger partial charge in [-0.25, -0.2) is 0 Å². The average Bonchev–Trinajstić information content (AvgIpc) is 3.19. The Morgan fingerprint density at radius 2 is 0.847 bits per heavy atom. The molecule has 0 aliphatic carbocycles. The maximum atomic E-state index is 13.7. The lowest BCUT2D eigenvalue weighted by Crippen LogP contribution is -2.18. The number of halogens is 6. The molecule has 0 radical (unpaired) electrons. The van der Waals surface area contributed by atoms with Gasteiger partial charge in [0.1, 0.15) is 34.5 Å². The average molecular weight is 937 g/mol. The van der Waals surface area contributed by atoms with Gasteiger partial charge >= 0.3 is 13.2 Å². The van der Waals surface area contributed by atoms with Crippen LogP contribution in [0.2, 0.25) is 0 Å². The van der Waals surface area contributed by atoms with E-state index in [4.69, 9.17) is 23.7 Å². The molecule has 6 aromatic carbocycles. The molecule has 4 unspecified atom stereocenters. The van der Waals surface area contributed by atoms with Gasteiger partial charge < -0.3 is 23.7 Å². The summed E-state index contributed by atoms with van der Waals surface area (Å²) in [4.78, 5) is 0. The zero-order valence-corrected chi connectivity index (χ0v) is 36.1. The molecule has 0 N–H and O–H groups in total. The van der Waals surface area contributed by atoms with Crippen molar-refractivity contribution < 1.29 is 41.2 Å². The second kappa shape index (κ2) is 20.4. The summed E-state index contributed by atoms with van der Waals surface area (Å²) in [6.07, 6.45) is -0.577. The van der Waals surface area contributed by atoms with E-state index in [0.29, 0.717) is 55.9 Å². The molecule has 0 amide bonds. The predicted octanol–water partition coefficient (Wildman–Crippen LogP) is 15.8. The summed E-state index contributed by atoms with van der Waals surface area (Å²) in [7, 11) is 0.